The van der Waals surface area contributed by atoms with Crippen LogP contribution in [0.1, 0.15) is 13.8 Å². The molecule has 14 heavy (non-hydrogen) atoms. The molecule has 1 unspecified atom stereocenters. The highest BCUT2D eigenvalue weighted by Gasteiger charge is 2.18. The topological polar surface area (TPSA) is 78.9 Å². The summed E-state index contributed by atoms with van der Waals surface area (Å²) < 4.78 is 34.2. The average molecular weight is 224 g/mol. The van der Waals surface area contributed by atoms with Crippen molar-refractivity contribution in [1.82, 2.24) is 0 Å². The first-order valence-corrected chi connectivity index (χ1v) is 4.97. The largest absolute Gasteiger partial charge is 0.431 e. The van der Waals surface area contributed by atoms with Crippen LogP contribution in [0.2, 0.25) is 0 Å². The molecule has 0 aliphatic carbocycles. The lowest BCUT2D eigenvalue weighted by molar-refractivity contribution is -0.156. The molecule has 7 heteroatoms. The van der Waals surface area contributed by atoms with Gasteiger partial charge >= 0.3 is 16.4 Å². The van der Waals surface area contributed by atoms with Crippen molar-refractivity contribution in [3.8, 4) is 0 Å². The van der Waals surface area contributed by atoms with Gasteiger partial charge in [0.05, 0.1) is 7.11 Å². The number of esters is 1. The van der Waals surface area contributed by atoms with E-state index in [4.69, 9.17) is 0 Å². The van der Waals surface area contributed by atoms with Gasteiger partial charge in [-0.3, -0.25) is 4.18 Å². The minimum absolute atomic E-state index is 0.148. The molecule has 0 fully saturated rings. The Labute approximate surface area is 82.8 Å². The van der Waals surface area contributed by atoms with Crippen molar-refractivity contribution in [2.24, 2.45) is 0 Å². The van der Waals surface area contributed by atoms with Crippen molar-refractivity contribution in [3.63, 3.8) is 0 Å². The predicted octanol–water partition coefficient (Wildman–Crippen LogP) is 0.359. The van der Waals surface area contributed by atoms with Gasteiger partial charge in [-0.25, -0.2) is 8.98 Å². The summed E-state index contributed by atoms with van der Waals surface area (Å²) in [4.78, 5) is 10.9. The summed E-state index contributed by atoms with van der Waals surface area (Å²) in [5, 5.41) is 0. The van der Waals surface area contributed by atoms with Gasteiger partial charge in [-0.15, -0.1) is 0 Å². The van der Waals surface area contributed by atoms with E-state index in [2.05, 4.69) is 19.7 Å². The summed E-state index contributed by atoms with van der Waals surface area (Å²) in [6.45, 7) is 5.99. The Kier molecular flexibility index (Phi) is 4.75. The molecule has 82 valence electrons. The van der Waals surface area contributed by atoms with Crippen molar-refractivity contribution in [2.75, 3.05) is 7.11 Å². The van der Waals surface area contributed by atoms with Crippen LogP contribution in [0.5, 0.6) is 0 Å². The Balaban J connectivity index is 4.19. The van der Waals surface area contributed by atoms with Crippen LogP contribution in [0.25, 0.3) is 0 Å². The summed E-state index contributed by atoms with van der Waals surface area (Å²) in [7, 11) is -3.16. The van der Waals surface area contributed by atoms with Crippen molar-refractivity contribution in [3.05, 3.63) is 12.2 Å². The second-order valence-electron chi connectivity index (χ2n) is 2.42. The zero-order valence-corrected chi connectivity index (χ0v) is 8.96. The lowest BCUT2D eigenvalue weighted by atomic mass is 10.4. The summed E-state index contributed by atoms with van der Waals surface area (Å²) in [6, 6.07) is 0. The molecule has 0 N–H and O–H groups in total. The van der Waals surface area contributed by atoms with E-state index in [-0.39, 0.29) is 5.57 Å². The SMILES string of the molecule is C=C(C)C(=O)OC(C)OS(=O)(=O)OC. The van der Waals surface area contributed by atoms with Crippen molar-refractivity contribution < 1.29 is 26.3 Å². The molecule has 0 aliphatic heterocycles. The van der Waals surface area contributed by atoms with Crippen LogP contribution in [0.15, 0.2) is 12.2 Å². The third-order valence-electron chi connectivity index (χ3n) is 1.08. The van der Waals surface area contributed by atoms with E-state index in [1.807, 2.05) is 0 Å². The Morgan fingerprint density at radius 1 is 1.43 bits per heavy atom. The highest BCUT2D eigenvalue weighted by atomic mass is 32.3. The molecule has 0 spiro atoms. The fourth-order valence-corrected chi connectivity index (χ4v) is 0.926. The third-order valence-corrected chi connectivity index (χ3v) is 1.99. The van der Waals surface area contributed by atoms with E-state index in [1.54, 1.807) is 0 Å². The summed E-state index contributed by atoms with van der Waals surface area (Å²) in [6.07, 6.45) is -1.25. The van der Waals surface area contributed by atoms with Crippen molar-refractivity contribution >= 4 is 16.4 Å². The van der Waals surface area contributed by atoms with E-state index < -0.39 is 22.7 Å². The van der Waals surface area contributed by atoms with E-state index in [1.165, 1.54) is 13.8 Å². The Morgan fingerprint density at radius 3 is 2.29 bits per heavy atom. The first kappa shape index (κ1) is 13.1. The quantitative estimate of drug-likeness (QED) is 0.381. The standard InChI is InChI=1S/C7H12O6S/c1-5(2)7(8)12-6(3)13-14(9,10)11-4/h6H,1H2,2-4H3. The minimum Gasteiger partial charge on any atom is -0.431 e. The maximum atomic E-state index is 10.9. The molecule has 0 saturated carbocycles. The fraction of sp³-hybridized carbons (Fsp3) is 0.571. The zero-order chi connectivity index (χ0) is 11.4. The van der Waals surface area contributed by atoms with Crippen LogP contribution in [-0.2, 0) is 28.3 Å². The number of rotatable bonds is 5. The van der Waals surface area contributed by atoms with Crippen LogP contribution in [-0.4, -0.2) is 27.8 Å². The van der Waals surface area contributed by atoms with Gasteiger partial charge in [0.1, 0.15) is 0 Å². The third kappa shape index (κ3) is 4.95. The number of carbonyl (C=O) groups is 1. The molecule has 0 aromatic carbocycles. The monoisotopic (exact) mass is 224 g/mol. The minimum atomic E-state index is -4.10. The fourth-order valence-electron chi connectivity index (χ4n) is 0.476. The predicted molar refractivity (Wildman–Crippen MR) is 47.4 cm³/mol. The number of hydrogen-bond donors (Lipinski definition) is 0. The molecule has 0 rings (SSSR count). The average Bonchev–Trinajstić information content (AvgIpc) is 2.02. The van der Waals surface area contributed by atoms with Gasteiger partial charge < -0.3 is 4.74 Å². The van der Waals surface area contributed by atoms with E-state index in [0.29, 0.717) is 0 Å². The van der Waals surface area contributed by atoms with Crippen LogP contribution in [0, 0.1) is 0 Å². The van der Waals surface area contributed by atoms with Gasteiger partial charge in [0, 0.05) is 5.57 Å². The number of carbonyl (C=O) groups excluding carboxylic acids is 1. The van der Waals surface area contributed by atoms with E-state index >= 15 is 0 Å². The molecule has 0 saturated heterocycles. The molecule has 0 aromatic heterocycles. The van der Waals surface area contributed by atoms with Crippen LogP contribution >= 0.6 is 0 Å². The smallest absolute Gasteiger partial charge is 0.402 e. The summed E-state index contributed by atoms with van der Waals surface area (Å²) in [5.74, 6) is -0.733. The maximum absolute atomic E-state index is 10.9. The highest BCUT2D eigenvalue weighted by Crippen LogP contribution is 2.04. The molecule has 1 atom stereocenters. The molecular weight excluding hydrogens is 212 g/mol. The molecule has 0 amide bonds. The van der Waals surface area contributed by atoms with Crippen molar-refractivity contribution in [1.29, 1.82) is 0 Å². The second kappa shape index (κ2) is 5.08. The summed E-state index contributed by atoms with van der Waals surface area (Å²) in [5.41, 5.74) is 0.148. The zero-order valence-electron chi connectivity index (χ0n) is 8.14. The van der Waals surface area contributed by atoms with Gasteiger partial charge in [0.15, 0.2) is 0 Å². The molecule has 6 nitrogen and oxygen atoms in total. The molecule has 0 bridgehead atoms. The molecular formula is C7H12O6S. The van der Waals surface area contributed by atoms with Crippen LogP contribution in [0.3, 0.4) is 0 Å². The van der Waals surface area contributed by atoms with Gasteiger partial charge in [-0.05, 0) is 13.8 Å². The van der Waals surface area contributed by atoms with E-state index in [0.717, 1.165) is 7.11 Å². The lowest BCUT2D eigenvalue weighted by Crippen LogP contribution is -2.22. The van der Waals surface area contributed by atoms with Gasteiger partial charge in [0.2, 0.25) is 6.29 Å². The van der Waals surface area contributed by atoms with Crippen LogP contribution in [0.4, 0.5) is 0 Å². The van der Waals surface area contributed by atoms with Crippen LogP contribution < -0.4 is 0 Å². The lowest BCUT2D eigenvalue weighted by Gasteiger charge is -2.12. The number of ether oxygens (including phenoxy) is 1. The number of hydrogen-bond acceptors (Lipinski definition) is 6. The van der Waals surface area contributed by atoms with E-state index in [9.17, 15) is 13.2 Å². The molecule has 0 radical (unpaired) electrons. The molecule has 0 heterocycles. The Bertz CT molecular complexity index is 317. The first-order chi connectivity index (χ1) is 6.28. The second-order valence-corrected chi connectivity index (χ2v) is 3.77. The Hall–Kier alpha value is -0.920. The Morgan fingerprint density at radius 2 is 1.93 bits per heavy atom. The maximum Gasteiger partial charge on any atom is 0.402 e. The normalized spacial score (nSPS) is 13.4. The molecule has 0 aliphatic rings. The van der Waals surface area contributed by atoms with Gasteiger partial charge in [-0.2, -0.15) is 8.42 Å². The van der Waals surface area contributed by atoms with Gasteiger partial charge in [-0.1, -0.05) is 6.58 Å². The van der Waals surface area contributed by atoms with Gasteiger partial charge in [0.25, 0.3) is 0 Å². The highest BCUT2D eigenvalue weighted by molar-refractivity contribution is 7.81. The first-order valence-electron chi connectivity index (χ1n) is 3.64. The molecule has 0 aromatic rings. The summed E-state index contributed by atoms with van der Waals surface area (Å²) >= 11 is 0. The van der Waals surface area contributed by atoms with Crippen molar-refractivity contribution in [2.45, 2.75) is 20.1 Å².